The second kappa shape index (κ2) is 10.7. The number of aromatic nitrogens is 2. The van der Waals surface area contributed by atoms with E-state index < -0.39 is 0 Å². The van der Waals surface area contributed by atoms with E-state index in [9.17, 15) is 14.4 Å². The average molecular weight is 462 g/mol. The summed E-state index contributed by atoms with van der Waals surface area (Å²) >= 11 is 0. The molecule has 3 amide bonds. The lowest BCUT2D eigenvalue weighted by Gasteiger charge is -2.16. The molecule has 2 heterocycles. The Morgan fingerprint density at radius 2 is 1.88 bits per heavy atom. The Kier molecular flexibility index (Phi) is 7.22. The Balaban J connectivity index is 1.24. The van der Waals surface area contributed by atoms with Gasteiger partial charge in [0.05, 0.1) is 25.4 Å². The van der Waals surface area contributed by atoms with Gasteiger partial charge in [-0.15, -0.1) is 0 Å². The number of methoxy groups -OCH3 is 1. The first-order valence-corrected chi connectivity index (χ1v) is 11.1. The van der Waals surface area contributed by atoms with Gasteiger partial charge in [-0.25, -0.2) is 0 Å². The van der Waals surface area contributed by atoms with Gasteiger partial charge in [0.15, 0.2) is 0 Å². The zero-order chi connectivity index (χ0) is 23.9. The number of carbonyl (C=O) groups excluding carboxylic acids is 3. The van der Waals surface area contributed by atoms with Crippen LogP contribution in [0.2, 0.25) is 0 Å². The molecule has 1 saturated heterocycles. The molecule has 0 bridgehead atoms. The van der Waals surface area contributed by atoms with Gasteiger partial charge in [0.25, 0.3) is 0 Å². The minimum absolute atomic E-state index is 0.0305. The maximum Gasteiger partial charge on any atom is 0.241 e. The second-order valence-electron chi connectivity index (χ2n) is 8.06. The molecule has 1 aromatic heterocycles. The Morgan fingerprint density at radius 1 is 1.09 bits per heavy atom. The Hall–Kier alpha value is -4.14. The van der Waals surface area contributed by atoms with Crippen LogP contribution >= 0.6 is 0 Å². The first-order valence-electron chi connectivity index (χ1n) is 11.1. The van der Waals surface area contributed by atoms with Gasteiger partial charge in [-0.05, 0) is 30.2 Å². The summed E-state index contributed by atoms with van der Waals surface area (Å²) in [4.78, 5) is 38.3. The highest BCUT2D eigenvalue weighted by Crippen LogP contribution is 2.21. The number of carbonyl (C=O) groups is 3. The summed E-state index contributed by atoms with van der Waals surface area (Å²) in [6.45, 7) is 1.15. The predicted octanol–water partition coefficient (Wildman–Crippen LogP) is 2.52. The summed E-state index contributed by atoms with van der Waals surface area (Å²) < 4.78 is 6.74. The van der Waals surface area contributed by atoms with Crippen LogP contribution < -0.4 is 20.3 Å². The number of nitrogens with zero attached hydrogens (tertiary/aromatic N) is 3. The lowest BCUT2D eigenvalue weighted by Crippen LogP contribution is -2.27. The zero-order valence-corrected chi connectivity index (χ0v) is 19.0. The van der Waals surface area contributed by atoms with E-state index in [1.165, 1.54) is 10.9 Å². The Bertz CT molecular complexity index is 1170. The number of amides is 3. The molecule has 1 fully saturated rings. The average Bonchev–Trinajstić information content (AvgIpc) is 3.46. The van der Waals surface area contributed by atoms with E-state index in [0.29, 0.717) is 24.4 Å². The van der Waals surface area contributed by atoms with E-state index in [0.717, 1.165) is 29.8 Å². The molecule has 34 heavy (non-hydrogen) atoms. The highest BCUT2D eigenvalue weighted by Gasteiger charge is 2.21. The Morgan fingerprint density at radius 3 is 2.62 bits per heavy atom. The third-order valence-corrected chi connectivity index (χ3v) is 5.58. The van der Waals surface area contributed by atoms with Crippen LogP contribution in [0.4, 0.5) is 11.4 Å². The van der Waals surface area contributed by atoms with Crippen molar-refractivity contribution in [3.8, 4) is 5.75 Å². The highest BCUT2D eigenvalue weighted by atomic mass is 16.5. The number of nitrogens with one attached hydrogen (secondary N) is 2. The maximum atomic E-state index is 12.4. The van der Waals surface area contributed by atoms with Crippen LogP contribution in [0.25, 0.3) is 0 Å². The van der Waals surface area contributed by atoms with E-state index >= 15 is 0 Å². The monoisotopic (exact) mass is 461 g/mol. The standard InChI is InChI=1S/C25H27N5O4/c1-34-22-6-3-2-5-19(22)13-23(31)28-20-15-27-29(16-20)17-24(32)26-14-18-8-10-21(11-9-18)30-12-4-7-25(30)33/h2-3,5-6,8-11,15-16H,4,7,12-14,17H2,1H3,(H,26,32)(H,28,31). The molecule has 9 heteroatoms. The van der Waals surface area contributed by atoms with E-state index in [1.807, 2.05) is 48.5 Å². The second-order valence-corrected chi connectivity index (χ2v) is 8.06. The quantitative estimate of drug-likeness (QED) is 0.509. The summed E-state index contributed by atoms with van der Waals surface area (Å²) in [5, 5.41) is 9.79. The zero-order valence-electron chi connectivity index (χ0n) is 19.0. The fourth-order valence-electron chi connectivity index (χ4n) is 3.86. The SMILES string of the molecule is COc1ccccc1CC(=O)Nc1cnn(CC(=O)NCc2ccc(N3CCCC3=O)cc2)c1. The van der Waals surface area contributed by atoms with Gasteiger partial charge < -0.3 is 20.3 Å². The summed E-state index contributed by atoms with van der Waals surface area (Å²) in [6.07, 6.45) is 4.77. The molecule has 0 saturated carbocycles. The first kappa shape index (κ1) is 23.0. The maximum absolute atomic E-state index is 12.4. The molecule has 2 N–H and O–H groups in total. The molecule has 176 valence electrons. The summed E-state index contributed by atoms with van der Waals surface area (Å²) in [5.74, 6) is 0.404. The molecule has 9 nitrogen and oxygen atoms in total. The molecule has 3 aromatic rings. The van der Waals surface area contributed by atoms with Gasteiger partial charge in [-0.3, -0.25) is 19.1 Å². The largest absolute Gasteiger partial charge is 0.496 e. The molecule has 4 rings (SSSR count). The van der Waals surface area contributed by atoms with Crippen LogP contribution in [0.5, 0.6) is 5.75 Å². The lowest BCUT2D eigenvalue weighted by atomic mass is 10.1. The van der Waals surface area contributed by atoms with E-state index in [4.69, 9.17) is 4.74 Å². The van der Waals surface area contributed by atoms with Crippen LogP contribution in [-0.2, 0) is 33.9 Å². The molecule has 1 aliphatic rings. The fraction of sp³-hybridized carbons (Fsp3) is 0.280. The lowest BCUT2D eigenvalue weighted by molar-refractivity contribution is -0.122. The van der Waals surface area contributed by atoms with Gasteiger partial charge in [0, 0.05) is 37.0 Å². The minimum Gasteiger partial charge on any atom is -0.496 e. The number of anilines is 2. The summed E-state index contributed by atoms with van der Waals surface area (Å²) in [7, 11) is 1.57. The van der Waals surface area contributed by atoms with Gasteiger partial charge in [-0.1, -0.05) is 30.3 Å². The van der Waals surface area contributed by atoms with Gasteiger partial charge in [-0.2, -0.15) is 5.10 Å². The number of ether oxygens (including phenoxy) is 1. The predicted molar refractivity (Wildman–Crippen MR) is 127 cm³/mol. The number of hydrogen-bond acceptors (Lipinski definition) is 5. The number of para-hydroxylation sites is 1. The van der Waals surface area contributed by atoms with Crippen molar-refractivity contribution in [3.63, 3.8) is 0 Å². The Labute approximate surface area is 197 Å². The third-order valence-electron chi connectivity index (χ3n) is 5.58. The number of benzene rings is 2. The summed E-state index contributed by atoms with van der Waals surface area (Å²) in [6, 6.07) is 15.0. The number of rotatable bonds is 9. The topological polar surface area (TPSA) is 106 Å². The highest BCUT2D eigenvalue weighted by molar-refractivity contribution is 5.95. The minimum atomic E-state index is -0.201. The molecular formula is C25H27N5O4. The normalized spacial score (nSPS) is 13.1. The first-order chi connectivity index (χ1) is 16.5. The molecular weight excluding hydrogens is 434 g/mol. The molecule has 0 radical (unpaired) electrons. The molecule has 0 spiro atoms. The van der Waals surface area contributed by atoms with E-state index in [1.54, 1.807) is 18.2 Å². The third kappa shape index (κ3) is 5.80. The van der Waals surface area contributed by atoms with Crippen molar-refractivity contribution in [1.82, 2.24) is 15.1 Å². The van der Waals surface area contributed by atoms with Gasteiger partial charge >= 0.3 is 0 Å². The molecule has 0 aliphatic carbocycles. The van der Waals surface area contributed by atoms with E-state index in [-0.39, 0.29) is 30.7 Å². The van der Waals surface area contributed by atoms with Gasteiger partial charge in [0.2, 0.25) is 17.7 Å². The van der Waals surface area contributed by atoms with Crippen molar-refractivity contribution in [1.29, 1.82) is 0 Å². The molecule has 0 unspecified atom stereocenters. The number of hydrogen-bond donors (Lipinski definition) is 2. The van der Waals surface area contributed by atoms with Crippen molar-refractivity contribution < 1.29 is 19.1 Å². The summed E-state index contributed by atoms with van der Waals surface area (Å²) in [5.41, 5.74) is 3.12. The van der Waals surface area contributed by atoms with Crippen LogP contribution in [0.1, 0.15) is 24.0 Å². The van der Waals surface area contributed by atoms with Crippen LogP contribution in [0, 0.1) is 0 Å². The van der Waals surface area contributed by atoms with Gasteiger partial charge in [0.1, 0.15) is 12.3 Å². The smallest absolute Gasteiger partial charge is 0.241 e. The molecule has 1 aliphatic heterocycles. The van der Waals surface area contributed by atoms with Crippen LogP contribution in [0.3, 0.4) is 0 Å². The van der Waals surface area contributed by atoms with Crippen molar-refractivity contribution in [2.45, 2.75) is 32.4 Å². The van der Waals surface area contributed by atoms with E-state index in [2.05, 4.69) is 15.7 Å². The van der Waals surface area contributed by atoms with Crippen molar-refractivity contribution in [2.24, 2.45) is 0 Å². The van der Waals surface area contributed by atoms with Crippen molar-refractivity contribution >= 4 is 29.1 Å². The van der Waals surface area contributed by atoms with Crippen molar-refractivity contribution in [2.75, 3.05) is 23.9 Å². The van der Waals surface area contributed by atoms with Crippen LogP contribution in [0.15, 0.2) is 60.9 Å². The van der Waals surface area contributed by atoms with Crippen LogP contribution in [-0.4, -0.2) is 41.2 Å². The van der Waals surface area contributed by atoms with Crippen molar-refractivity contribution in [3.05, 3.63) is 72.1 Å². The molecule has 2 aromatic carbocycles. The fourth-order valence-corrected chi connectivity index (χ4v) is 3.86. The molecule has 0 atom stereocenters.